The highest BCUT2D eigenvalue weighted by Crippen LogP contribution is 2.32. The van der Waals surface area contributed by atoms with Crippen LogP contribution in [0.25, 0.3) is 0 Å². The van der Waals surface area contributed by atoms with E-state index in [1.807, 2.05) is 6.92 Å². The summed E-state index contributed by atoms with van der Waals surface area (Å²) in [6, 6.07) is 1.68. The predicted molar refractivity (Wildman–Crippen MR) is 54.0 cm³/mol. The van der Waals surface area contributed by atoms with E-state index in [2.05, 4.69) is 20.9 Å². The lowest BCUT2D eigenvalue weighted by Gasteiger charge is -2.08. The van der Waals surface area contributed by atoms with Crippen LogP contribution in [0.15, 0.2) is 10.5 Å². The van der Waals surface area contributed by atoms with Crippen molar-refractivity contribution in [1.82, 2.24) is 4.98 Å². The van der Waals surface area contributed by atoms with Gasteiger partial charge in [-0.05, 0) is 28.9 Å². The topological polar surface area (TPSA) is 42.4 Å². The van der Waals surface area contributed by atoms with E-state index in [1.54, 1.807) is 6.07 Å². The van der Waals surface area contributed by atoms with Gasteiger partial charge in [-0.2, -0.15) is 0 Å². The SMILES string of the molecule is CCOc1c(Br)cc(CO)nc1Cl. The Morgan fingerprint density at radius 3 is 2.85 bits per heavy atom. The minimum Gasteiger partial charge on any atom is -0.489 e. The zero-order valence-electron chi connectivity index (χ0n) is 7.05. The maximum Gasteiger partial charge on any atom is 0.172 e. The summed E-state index contributed by atoms with van der Waals surface area (Å²) in [7, 11) is 0. The first-order valence-electron chi connectivity index (χ1n) is 3.77. The number of aliphatic hydroxyl groups excluding tert-OH is 1. The van der Waals surface area contributed by atoms with E-state index < -0.39 is 0 Å². The van der Waals surface area contributed by atoms with Gasteiger partial charge in [0.05, 0.1) is 23.4 Å². The summed E-state index contributed by atoms with van der Waals surface area (Å²) in [5, 5.41) is 9.09. The van der Waals surface area contributed by atoms with Crippen molar-refractivity contribution in [3.63, 3.8) is 0 Å². The maximum atomic E-state index is 8.82. The van der Waals surface area contributed by atoms with Gasteiger partial charge < -0.3 is 9.84 Å². The molecule has 1 aromatic rings. The van der Waals surface area contributed by atoms with Crippen LogP contribution in [0.1, 0.15) is 12.6 Å². The highest BCUT2D eigenvalue weighted by atomic mass is 79.9. The van der Waals surface area contributed by atoms with Crippen LogP contribution in [0.5, 0.6) is 5.75 Å². The molecule has 0 aliphatic rings. The predicted octanol–water partition coefficient (Wildman–Crippen LogP) is 2.39. The Morgan fingerprint density at radius 1 is 1.69 bits per heavy atom. The molecule has 1 rings (SSSR count). The summed E-state index contributed by atoms with van der Waals surface area (Å²) in [5.74, 6) is 0.515. The van der Waals surface area contributed by atoms with Crippen molar-refractivity contribution in [1.29, 1.82) is 0 Å². The van der Waals surface area contributed by atoms with Gasteiger partial charge >= 0.3 is 0 Å². The third-order valence-corrected chi connectivity index (χ3v) is 2.24. The molecule has 1 aromatic heterocycles. The van der Waals surface area contributed by atoms with Gasteiger partial charge in [0.25, 0.3) is 0 Å². The molecule has 0 aliphatic carbocycles. The molecule has 0 atom stereocenters. The largest absolute Gasteiger partial charge is 0.489 e. The summed E-state index contributed by atoms with van der Waals surface area (Å²) in [5.41, 5.74) is 0.514. The molecule has 0 saturated heterocycles. The van der Waals surface area contributed by atoms with E-state index in [4.69, 9.17) is 21.4 Å². The number of hydrogen-bond acceptors (Lipinski definition) is 3. The van der Waals surface area contributed by atoms with E-state index >= 15 is 0 Å². The molecule has 0 amide bonds. The first-order chi connectivity index (χ1) is 6.19. The molecular weight excluding hydrogens is 257 g/mol. The molecule has 0 aromatic carbocycles. The Hall–Kier alpha value is -0.320. The van der Waals surface area contributed by atoms with Crippen molar-refractivity contribution in [2.24, 2.45) is 0 Å². The number of aromatic nitrogens is 1. The van der Waals surface area contributed by atoms with Crippen molar-refractivity contribution in [2.75, 3.05) is 6.61 Å². The average Bonchev–Trinajstić information content (AvgIpc) is 2.11. The van der Waals surface area contributed by atoms with E-state index in [0.29, 0.717) is 22.5 Å². The zero-order valence-corrected chi connectivity index (χ0v) is 9.39. The van der Waals surface area contributed by atoms with Crippen LogP contribution >= 0.6 is 27.5 Å². The van der Waals surface area contributed by atoms with Crippen molar-refractivity contribution >= 4 is 27.5 Å². The minimum atomic E-state index is -0.134. The Bertz CT molecular complexity index is 283. The lowest BCUT2D eigenvalue weighted by Crippen LogP contribution is -1.97. The molecule has 3 nitrogen and oxygen atoms in total. The normalized spacial score (nSPS) is 10.2. The van der Waals surface area contributed by atoms with Crippen LogP contribution < -0.4 is 4.74 Å². The zero-order chi connectivity index (χ0) is 9.84. The van der Waals surface area contributed by atoms with Gasteiger partial charge in [0.15, 0.2) is 10.9 Å². The number of halogens is 2. The fourth-order valence-corrected chi connectivity index (χ4v) is 1.82. The molecule has 0 unspecified atom stereocenters. The Morgan fingerprint density at radius 2 is 2.38 bits per heavy atom. The number of pyridine rings is 1. The molecule has 0 aliphatic heterocycles. The number of ether oxygens (including phenoxy) is 1. The Labute approximate surface area is 89.8 Å². The van der Waals surface area contributed by atoms with Crippen molar-refractivity contribution in [2.45, 2.75) is 13.5 Å². The van der Waals surface area contributed by atoms with Gasteiger partial charge in [-0.3, -0.25) is 0 Å². The van der Waals surface area contributed by atoms with Crippen LogP contribution in [-0.2, 0) is 6.61 Å². The van der Waals surface area contributed by atoms with E-state index in [9.17, 15) is 0 Å². The second-order valence-corrected chi connectivity index (χ2v) is 3.52. The standard InChI is InChI=1S/C8H9BrClNO2/c1-2-13-7-6(9)3-5(4-12)11-8(7)10/h3,12H,2,4H2,1H3. The van der Waals surface area contributed by atoms with E-state index in [1.165, 1.54) is 0 Å². The Balaban J connectivity index is 3.07. The second-order valence-electron chi connectivity index (χ2n) is 2.31. The highest BCUT2D eigenvalue weighted by Gasteiger charge is 2.09. The van der Waals surface area contributed by atoms with Crippen molar-refractivity contribution < 1.29 is 9.84 Å². The summed E-state index contributed by atoms with van der Waals surface area (Å²) < 4.78 is 5.95. The number of nitrogens with zero attached hydrogens (tertiary/aromatic N) is 1. The number of hydrogen-bond donors (Lipinski definition) is 1. The molecule has 5 heteroatoms. The van der Waals surface area contributed by atoms with Gasteiger partial charge in [0, 0.05) is 0 Å². The van der Waals surface area contributed by atoms with Gasteiger partial charge in [-0.15, -0.1) is 0 Å². The molecule has 0 bridgehead atoms. The molecule has 0 saturated carbocycles. The van der Waals surface area contributed by atoms with Crippen LogP contribution in [0.2, 0.25) is 5.15 Å². The van der Waals surface area contributed by atoms with Crippen LogP contribution in [0.3, 0.4) is 0 Å². The Kier molecular flexibility index (Phi) is 3.96. The van der Waals surface area contributed by atoms with Gasteiger partial charge in [0.1, 0.15) is 0 Å². The fraction of sp³-hybridized carbons (Fsp3) is 0.375. The smallest absolute Gasteiger partial charge is 0.172 e. The van der Waals surface area contributed by atoms with Crippen LogP contribution in [-0.4, -0.2) is 16.7 Å². The third-order valence-electron chi connectivity index (χ3n) is 1.39. The van der Waals surface area contributed by atoms with Crippen LogP contribution in [0, 0.1) is 0 Å². The molecule has 1 N–H and O–H groups in total. The van der Waals surface area contributed by atoms with Crippen molar-refractivity contribution in [3.05, 3.63) is 21.4 Å². The van der Waals surface area contributed by atoms with Crippen LogP contribution in [0.4, 0.5) is 0 Å². The van der Waals surface area contributed by atoms with Gasteiger partial charge in [0.2, 0.25) is 0 Å². The molecule has 0 fully saturated rings. The molecule has 0 radical (unpaired) electrons. The monoisotopic (exact) mass is 265 g/mol. The summed E-state index contributed by atoms with van der Waals surface area (Å²) >= 11 is 9.09. The molecule has 1 heterocycles. The second kappa shape index (κ2) is 4.79. The summed E-state index contributed by atoms with van der Waals surface area (Å²) in [4.78, 5) is 3.93. The fourth-order valence-electron chi connectivity index (χ4n) is 0.873. The quantitative estimate of drug-likeness (QED) is 0.854. The molecule has 0 spiro atoms. The maximum absolute atomic E-state index is 8.82. The average molecular weight is 267 g/mol. The van der Waals surface area contributed by atoms with E-state index in [-0.39, 0.29) is 11.8 Å². The van der Waals surface area contributed by atoms with Gasteiger partial charge in [-0.1, -0.05) is 11.6 Å². The number of aliphatic hydroxyl groups is 1. The van der Waals surface area contributed by atoms with E-state index in [0.717, 1.165) is 0 Å². The first-order valence-corrected chi connectivity index (χ1v) is 4.94. The third kappa shape index (κ3) is 2.56. The number of rotatable bonds is 3. The molecule has 13 heavy (non-hydrogen) atoms. The molecule has 72 valence electrons. The minimum absolute atomic E-state index is 0.134. The van der Waals surface area contributed by atoms with Crippen molar-refractivity contribution in [3.8, 4) is 5.75 Å². The lowest BCUT2D eigenvalue weighted by atomic mass is 10.3. The highest BCUT2D eigenvalue weighted by molar-refractivity contribution is 9.10. The summed E-state index contributed by atoms with van der Waals surface area (Å²) in [6.07, 6.45) is 0. The first kappa shape index (κ1) is 10.8. The van der Waals surface area contributed by atoms with Gasteiger partial charge in [-0.25, -0.2) is 4.98 Å². The summed E-state index contributed by atoms with van der Waals surface area (Å²) in [6.45, 7) is 2.26. The molecular formula is C8H9BrClNO2. The lowest BCUT2D eigenvalue weighted by molar-refractivity contribution is 0.276.